The summed E-state index contributed by atoms with van der Waals surface area (Å²) in [6.07, 6.45) is 3.66. The van der Waals surface area contributed by atoms with Crippen molar-refractivity contribution in [1.29, 1.82) is 0 Å². The number of carbonyl (C=O) groups excluding carboxylic acids is 2. The minimum absolute atomic E-state index is 0.0332. The van der Waals surface area contributed by atoms with Gasteiger partial charge in [0.2, 0.25) is 11.7 Å². The maximum atomic E-state index is 13.3. The molecular weight excluding hydrogens is 344 g/mol. The van der Waals surface area contributed by atoms with Gasteiger partial charge in [0.25, 0.3) is 0 Å². The maximum Gasteiger partial charge on any atom is 0.372 e. The fraction of sp³-hybridized carbons (Fsp3) is 0.524. The summed E-state index contributed by atoms with van der Waals surface area (Å²) in [4.78, 5) is 27.8. The standard InChI is InChI=1S/C21H24N2O4/c1-12-13-7-9-23-10-8-21(15-5-3-4-6-16(15)22-20(21)25)18(23)14(13)11-17(27-12)19(24)26-2/h3-6,11-14,18H,7-10H2,1-2H3,(H,22,25)/t12-,13-,14-,18-,21+/m0/s1. The topological polar surface area (TPSA) is 67.9 Å². The van der Waals surface area contributed by atoms with Crippen molar-refractivity contribution >= 4 is 17.6 Å². The first-order chi connectivity index (χ1) is 13.1. The lowest BCUT2D eigenvalue weighted by molar-refractivity contribution is -0.144. The molecule has 142 valence electrons. The molecule has 1 N–H and O–H groups in total. The van der Waals surface area contributed by atoms with E-state index < -0.39 is 11.4 Å². The van der Waals surface area contributed by atoms with Gasteiger partial charge in [0.05, 0.1) is 18.6 Å². The summed E-state index contributed by atoms with van der Waals surface area (Å²) in [6.45, 7) is 3.87. The number of carbonyl (C=O) groups is 2. The average molecular weight is 368 g/mol. The number of esters is 1. The Labute approximate surface area is 158 Å². The average Bonchev–Trinajstić information content (AvgIpc) is 3.21. The van der Waals surface area contributed by atoms with Gasteiger partial charge >= 0.3 is 5.97 Å². The van der Waals surface area contributed by atoms with Crippen LogP contribution in [0.1, 0.15) is 25.3 Å². The van der Waals surface area contributed by atoms with Crippen LogP contribution in [0.25, 0.3) is 0 Å². The summed E-state index contributed by atoms with van der Waals surface area (Å²) in [5.41, 5.74) is 1.45. The summed E-state index contributed by atoms with van der Waals surface area (Å²) < 4.78 is 10.8. The predicted molar refractivity (Wildman–Crippen MR) is 99.0 cm³/mol. The van der Waals surface area contributed by atoms with Crippen LogP contribution in [0.15, 0.2) is 36.1 Å². The highest BCUT2D eigenvalue weighted by atomic mass is 16.6. The lowest BCUT2D eigenvalue weighted by atomic mass is 9.64. The number of methoxy groups -OCH3 is 1. The van der Waals surface area contributed by atoms with Gasteiger partial charge < -0.3 is 14.8 Å². The van der Waals surface area contributed by atoms with Crippen molar-refractivity contribution in [2.75, 3.05) is 25.5 Å². The molecule has 5 rings (SSSR count). The fourth-order valence-electron chi connectivity index (χ4n) is 5.84. The van der Waals surface area contributed by atoms with Gasteiger partial charge in [0.1, 0.15) is 0 Å². The number of anilines is 1. The van der Waals surface area contributed by atoms with E-state index in [0.29, 0.717) is 0 Å². The number of ether oxygens (including phenoxy) is 2. The van der Waals surface area contributed by atoms with Gasteiger partial charge in [0.15, 0.2) is 0 Å². The Morgan fingerprint density at radius 3 is 2.96 bits per heavy atom. The van der Waals surface area contributed by atoms with Crippen LogP contribution in [0, 0.1) is 11.8 Å². The SMILES string of the molecule is COC(=O)C1=C[C@H]2[C@@H](CCN3CC[C@]4(C(=O)Nc5ccccc54)[C@H]23)[C@H](C)O1. The minimum Gasteiger partial charge on any atom is -0.483 e. The first-order valence-corrected chi connectivity index (χ1v) is 9.68. The summed E-state index contributed by atoms with van der Waals surface area (Å²) in [5.74, 6) is 0.290. The zero-order chi connectivity index (χ0) is 18.8. The van der Waals surface area contributed by atoms with E-state index in [0.717, 1.165) is 37.2 Å². The largest absolute Gasteiger partial charge is 0.483 e. The number of nitrogens with one attached hydrogen (secondary N) is 1. The molecule has 0 aromatic heterocycles. The van der Waals surface area contributed by atoms with Crippen molar-refractivity contribution < 1.29 is 19.1 Å². The van der Waals surface area contributed by atoms with Gasteiger partial charge in [-0.3, -0.25) is 9.69 Å². The van der Waals surface area contributed by atoms with Crippen LogP contribution in [-0.2, 0) is 24.5 Å². The molecule has 5 atom stereocenters. The number of piperidine rings is 1. The van der Waals surface area contributed by atoms with Crippen molar-refractivity contribution in [3.05, 3.63) is 41.7 Å². The number of rotatable bonds is 1. The molecule has 6 heteroatoms. The summed E-state index contributed by atoms with van der Waals surface area (Å²) in [6, 6.07) is 8.05. The lowest BCUT2D eigenvalue weighted by Gasteiger charge is -2.49. The smallest absolute Gasteiger partial charge is 0.372 e. The Hall–Kier alpha value is -2.34. The second kappa shape index (κ2) is 5.83. The molecule has 4 aliphatic heterocycles. The monoisotopic (exact) mass is 368 g/mol. The van der Waals surface area contributed by atoms with Crippen LogP contribution in [0.2, 0.25) is 0 Å². The van der Waals surface area contributed by atoms with Crippen molar-refractivity contribution in [1.82, 2.24) is 4.90 Å². The molecule has 1 aromatic rings. The van der Waals surface area contributed by atoms with Gasteiger partial charge in [-0.2, -0.15) is 0 Å². The molecule has 1 spiro atoms. The second-order valence-corrected chi connectivity index (χ2v) is 8.08. The Morgan fingerprint density at radius 2 is 2.15 bits per heavy atom. The van der Waals surface area contributed by atoms with E-state index in [2.05, 4.69) is 16.3 Å². The van der Waals surface area contributed by atoms with Gasteiger partial charge in [-0.25, -0.2) is 4.79 Å². The third-order valence-electron chi connectivity index (χ3n) is 7.01. The third-order valence-corrected chi connectivity index (χ3v) is 7.01. The minimum atomic E-state index is -0.561. The van der Waals surface area contributed by atoms with Crippen molar-refractivity contribution in [2.45, 2.75) is 37.3 Å². The van der Waals surface area contributed by atoms with E-state index >= 15 is 0 Å². The molecule has 6 nitrogen and oxygen atoms in total. The van der Waals surface area contributed by atoms with Gasteiger partial charge in [-0.15, -0.1) is 0 Å². The number of benzene rings is 1. The van der Waals surface area contributed by atoms with Crippen LogP contribution in [0.5, 0.6) is 0 Å². The quantitative estimate of drug-likeness (QED) is 0.769. The van der Waals surface area contributed by atoms with E-state index in [-0.39, 0.29) is 35.6 Å². The normalized spacial score (nSPS) is 37.0. The number of fused-ring (bicyclic) bond motifs is 6. The fourth-order valence-corrected chi connectivity index (χ4v) is 5.84. The zero-order valence-electron chi connectivity index (χ0n) is 15.6. The van der Waals surface area contributed by atoms with Gasteiger partial charge in [0, 0.05) is 23.6 Å². The molecule has 0 saturated carbocycles. The van der Waals surface area contributed by atoms with Crippen LogP contribution >= 0.6 is 0 Å². The maximum absolute atomic E-state index is 13.3. The molecule has 0 bridgehead atoms. The van der Waals surface area contributed by atoms with Gasteiger partial charge in [-0.05, 0) is 50.6 Å². The highest BCUT2D eigenvalue weighted by Crippen LogP contribution is 2.54. The van der Waals surface area contributed by atoms with E-state index in [4.69, 9.17) is 9.47 Å². The Balaban J connectivity index is 1.64. The second-order valence-electron chi connectivity index (χ2n) is 8.08. The first kappa shape index (κ1) is 16.8. The number of para-hydroxylation sites is 1. The molecule has 4 aliphatic rings. The molecule has 1 aromatic carbocycles. The van der Waals surface area contributed by atoms with E-state index in [1.807, 2.05) is 31.2 Å². The number of hydrogen-bond acceptors (Lipinski definition) is 5. The zero-order valence-corrected chi connectivity index (χ0v) is 15.6. The first-order valence-electron chi connectivity index (χ1n) is 9.68. The molecule has 27 heavy (non-hydrogen) atoms. The van der Waals surface area contributed by atoms with E-state index in [9.17, 15) is 9.59 Å². The predicted octanol–water partition coefficient (Wildman–Crippen LogP) is 2.06. The number of amides is 1. The molecule has 1 amide bonds. The number of nitrogens with zero attached hydrogens (tertiary/aromatic N) is 1. The van der Waals surface area contributed by atoms with Gasteiger partial charge in [-0.1, -0.05) is 18.2 Å². The Morgan fingerprint density at radius 1 is 1.33 bits per heavy atom. The molecule has 2 fully saturated rings. The van der Waals surface area contributed by atoms with Crippen LogP contribution < -0.4 is 5.32 Å². The molecular formula is C21H24N2O4. The highest BCUT2D eigenvalue weighted by Gasteiger charge is 2.62. The molecule has 2 saturated heterocycles. The Bertz CT molecular complexity index is 850. The summed E-state index contributed by atoms with van der Waals surface area (Å²) in [5, 5.41) is 3.11. The van der Waals surface area contributed by atoms with E-state index in [1.54, 1.807) is 0 Å². The van der Waals surface area contributed by atoms with Crippen molar-refractivity contribution in [3.63, 3.8) is 0 Å². The molecule has 0 unspecified atom stereocenters. The van der Waals surface area contributed by atoms with E-state index in [1.165, 1.54) is 7.11 Å². The molecule has 0 aliphatic carbocycles. The summed E-state index contributed by atoms with van der Waals surface area (Å²) >= 11 is 0. The van der Waals surface area contributed by atoms with Crippen LogP contribution in [-0.4, -0.2) is 49.1 Å². The third kappa shape index (κ3) is 2.16. The van der Waals surface area contributed by atoms with Crippen molar-refractivity contribution in [2.24, 2.45) is 11.8 Å². The Kier molecular flexibility index (Phi) is 3.63. The number of hydrogen-bond donors (Lipinski definition) is 1. The summed E-state index contributed by atoms with van der Waals surface area (Å²) in [7, 11) is 1.37. The molecule has 4 heterocycles. The molecule has 0 radical (unpaired) electrons. The lowest BCUT2D eigenvalue weighted by Crippen LogP contribution is -2.58. The van der Waals surface area contributed by atoms with Crippen LogP contribution in [0.4, 0.5) is 5.69 Å². The van der Waals surface area contributed by atoms with Crippen molar-refractivity contribution in [3.8, 4) is 0 Å². The highest BCUT2D eigenvalue weighted by molar-refractivity contribution is 6.07. The van der Waals surface area contributed by atoms with Crippen LogP contribution in [0.3, 0.4) is 0 Å².